The molecule has 0 atom stereocenters. The molecule has 122 valence electrons. The fraction of sp³-hybridized carbons (Fsp3) is 0.529. The van der Waals surface area contributed by atoms with Crippen molar-refractivity contribution >= 4 is 11.8 Å². The second kappa shape index (κ2) is 8.41. The summed E-state index contributed by atoms with van der Waals surface area (Å²) in [6.45, 7) is 9.50. The zero-order valence-corrected chi connectivity index (χ0v) is 13.8. The summed E-state index contributed by atoms with van der Waals surface area (Å²) in [7, 11) is 0. The van der Waals surface area contributed by atoms with Gasteiger partial charge in [-0.15, -0.1) is 0 Å². The Morgan fingerprint density at radius 1 is 1.05 bits per heavy atom. The van der Waals surface area contributed by atoms with E-state index in [0.29, 0.717) is 17.1 Å². The first-order valence-corrected chi connectivity index (χ1v) is 7.49. The van der Waals surface area contributed by atoms with Crippen molar-refractivity contribution in [3.8, 4) is 11.5 Å². The van der Waals surface area contributed by atoms with Gasteiger partial charge in [0.25, 0.3) is 0 Å². The number of hydrogen-bond acceptors (Lipinski definition) is 5. The van der Waals surface area contributed by atoms with Crippen molar-refractivity contribution in [3.05, 3.63) is 23.8 Å². The molecule has 0 unspecified atom stereocenters. The van der Waals surface area contributed by atoms with Crippen LogP contribution in [0.15, 0.2) is 18.2 Å². The summed E-state index contributed by atoms with van der Waals surface area (Å²) in [5, 5.41) is 0. The molecule has 0 saturated heterocycles. The number of Topliss-reactive ketones (excluding diaryl/α,β-unsaturated/α-hetero) is 1. The van der Waals surface area contributed by atoms with E-state index in [2.05, 4.69) is 0 Å². The monoisotopic (exact) mass is 308 g/mol. The maximum Gasteiger partial charge on any atom is 0.313 e. The number of carbonyl (C=O) groups is 2. The van der Waals surface area contributed by atoms with E-state index in [-0.39, 0.29) is 31.0 Å². The molecule has 5 heteroatoms. The number of hydrogen-bond donors (Lipinski definition) is 0. The fourth-order valence-electron chi connectivity index (χ4n) is 1.87. The summed E-state index contributed by atoms with van der Waals surface area (Å²) < 4.78 is 16.1. The lowest BCUT2D eigenvalue weighted by Gasteiger charge is -2.16. The van der Waals surface area contributed by atoms with Gasteiger partial charge in [0.2, 0.25) is 0 Å². The van der Waals surface area contributed by atoms with Gasteiger partial charge in [0.15, 0.2) is 5.78 Å². The zero-order valence-electron chi connectivity index (χ0n) is 13.8. The van der Waals surface area contributed by atoms with Crippen LogP contribution in [0.1, 0.15) is 51.4 Å². The van der Waals surface area contributed by atoms with Crippen LogP contribution in [0, 0.1) is 0 Å². The number of carbonyl (C=O) groups excluding carboxylic acids is 2. The highest BCUT2D eigenvalue weighted by Gasteiger charge is 2.19. The molecular weight excluding hydrogens is 284 g/mol. The molecule has 0 fully saturated rings. The molecule has 22 heavy (non-hydrogen) atoms. The Morgan fingerprint density at radius 2 is 1.68 bits per heavy atom. The van der Waals surface area contributed by atoms with Gasteiger partial charge < -0.3 is 14.2 Å². The van der Waals surface area contributed by atoms with E-state index < -0.39 is 5.97 Å². The van der Waals surface area contributed by atoms with E-state index in [1.807, 2.05) is 27.7 Å². The van der Waals surface area contributed by atoms with Gasteiger partial charge in [-0.2, -0.15) is 0 Å². The molecule has 0 N–H and O–H groups in total. The van der Waals surface area contributed by atoms with Gasteiger partial charge in [-0.05, 0) is 52.8 Å². The lowest BCUT2D eigenvalue weighted by atomic mass is 10.1. The molecule has 0 saturated carbocycles. The minimum Gasteiger partial charge on any atom is -0.491 e. The summed E-state index contributed by atoms with van der Waals surface area (Å²) in [6.07, 6.45) is -0.399. The van der Waals surface area contributed by atoms with Crippen molar-refractivity contribution in [2.45, 2.75) is 53.2 Å². The smallest absolute Gasteiger partial charge is 0.313 e. The van der Waals surface area contributed by atoms with Gasteiger partial charge >= 0.3 is 5.97 Å². The molecular formula is C17H24O5. The first kappa shape index (κ1) is 18.0. The van der Waals surface area contributed by atoms with Crippen LogP contribution in [0.25, 0.3) is 0 Å². The minimum atomic E-state index is -0.543. The molecule has 0 aliphatic heterocycles. The highest BCUT2D eigenvalue weighted by molar-refractivity contribution is 6.07. The van der Waals surface area contributed by atoms with E-state index in [0.717, 1.165) is 0 Å². The van der Waals surface area contributed by atoms with Gasteiger partial charge in [0, 0.05) is 0 Å². The number of benzene rings is 1. The number of ketones is 1. The van der Waals surface area contributed by atoms with Gasteiger partial charge in [-0.3, -0.25) is 9.59 Å². The predicted octanol–water partition coefficient (Wildman–Crippen LogP) is 3.40. The molecule has 0 bridgehead atoms. The molecule has 0 amide bonds. The Kier molecular flexibility index (Phi) is 6.89. The molecule has 5 nitrogen and oxygen atoms in total. The van der Waals surface area contributed by atoms with Crippen molar-refractivity contribution < 1.29 is 23.8 Å². The second-order valence-electron chi connectivity index (χ2n) is 5.40. The molecule has 1 aromatic rings. The molecule has 0 radical (unpaired) electrons. The SMILES string of the molecule is CCOC(=O)CC(=O)c1cc(OC(C)C)ccc1OC(C)C. The average molecular weight is 308 g/mol. The van der Waals surface area contributed by atoms with Gasteiger partial charge in [-0.25, -0.2) is 0 Å². The molecule has 0 spiro atoms. The minimum absolute atomic E-state index is 0.00937. The largest absolute Gasteiger partial charge is 0.491 e. The summed E-state index contributed by atoms with van der Waals surface area (Å²) in [5.41, 5.74) is 0.333. The third-order valence-electron chi connectivity index (χ3n) is 2.60. The summed E-state index contributed by atoms with van der Waals surface area (Å²) in [5.74, 6) is 0.125. The number of ether oxygens (including phenoxy) is 3. The first-order chi connectivity index (χ1) is 10.3. The quantitative estimate of drug-likeness (QED) is 0.418. The summed E-state index contributed by atoms with van der Waals surface area (Å²) in [6, 6.07) is 5.05. The van der Waals surface area contributed by atoms with Crippen molar-refractivity contribution in [1.82, 2.24) is 0 Å². The van der Waals surface area contributed by atoms with E-state index in [1.54, 1.807) is 25.1 Å². The maximum absolute atomic E-state index is 12.3. The summed E-state index contributed by atoms with van der Waals surface area (Å²) >= 11 is 0. The van der Waals surface area contributed by atoms with Crippen LogP contribution in [0.2, 0.25) is 0 Å². The van der Waals surface area contributed by atoms with Crippen molar-refractivity contribution in [2.24, 2.45) is 0 Å². The first-order valence-electron chi connectivity index (χ1n) is 7.49. The van der Waals surface area contributed by atoms with Crippen LogP contribution in [-0.2, 0) is 9.53 Å². The topological polar surface area (TPSA) is 61.8 Å². The van der Waals surface area contributed by atoms with E-state index in [1.165, 1.54) is 0 Å². The van der Waals surface area contributed by atoms with Gasteiger partial charge in [0.05, 0.1) is 24.4 Å². The molecule has 0 aliphatic rings. The van der Waals surface area contributed by atoms with Crippen molar-refractivity contribution in [1.29, 1.82) is 0 Å². The number of rotatable bonds is 8. The standard InChI is InChI=1S/C17H24O5/c1-6-20-17(19)10-15(18)14-9-13(21-11(2)3)7-8-16(14)22-12(4)5/h7-9,11-12H,6,10H2,1-5H3. The average Bonchev–Trinajstić information content (AvgIpc) is 2.39. The molecule has 1 aromatic carbocycles. The Balaban J connectivity index is 3.04. The highest BCUT2D eigenvalue weighted by atomic mass is 16.5. The van der Waals surface area contributed by atoms with E-state index in [9.17, 15) is 9.59 Å². The Morgan fingerprint density at radius 3 is 2.23 bits per heavy atom. The third-order valence-corrected chi connectivity index (χ3v) is 2.60. The lowest BCUT2D eigenvalue weighted by molar-refractivity contribution is -0.141. The molecule has 0 aromatic heterocycles. The Labute approximate surface area is 131 Å². The molecule has 0 heterocycles. The van der Waals surface area contributed by atoms with Gasteiger partial charge in [-0.1, -0.05) is 0 Å². The lowest BCUT2D eigenvalue weighted by Crippen LogP contribution is -2.15. The predicted molar refractivity (Wildman–Crippen MR) is 83.6 cm³/mol. The second-order valence-corrected chi connectivity index (χ2v) is 5.40. The van der Waals surface area contributed by atoms with Crippen LogP contribution in [-0.4, -0.2) is 30.6 Å². The molecule has 1 rings (SSSR count). The van der Waals surface area contributed by atoms with Crippen molar-refractivity contribution in [2.75, 3.05) is 6.61 Å². The normalized spacial score (nSPS) is 10.7. The maximum atomic E-state index is 12.3. The Hall–Kier alpha value is -2.04. The van der Waals surface area contributed by atoms with Crippen molar-refractivity contribution in [3.63, 3.8) is 0 Å². The van der Waals surface area contributed by atoms with E-state index >= 15 is 0 Å². The van der Waals surface area contributed by atoms with Crippen LogP contribution < -0.4 is 9.47 Å². The van der Waals surface area contributed by atoms with E-state index in [4.69, 9.17) is 14.2 Å². The fourth-order valence-corrected chi connectivity index (χ4v) is 1.87. The van der Waals surface area contributed by atoms with Crippen LogP contribution in [0.4, 0.5) is 0 Å². The van der Waals surface area contributed by atoms with Crippen LogP contribution in [0.3, 0.4) is 0 Å². The van der Waals surface area contributed by atoms with Crippen LogP contribution in [0.5, 0.6) is 11.5 Å². The third kappa shape index (κ3) is 5.76. The molecule has 0 aliphatic carbocycles. The highest BCUT2D eigenvalue weighted by Crippen LogP contribution is 2.27. The summed E-state index contributed by atoms with van der Waals surface area (Å²) in [4.78, 5) is 23.8. The number of esters is 1. The zero-order chi connectivity index (χ0) is 16.7. The Bertz CT molecular complexity index is 520. The van der Waals surface area contributed by atoms with Gasteiger partial charge in [0.1, 0.15) is 17.9 Å². The van der Waals surface area contributed by atoms with Crippen LogP contribution >= 0.6 is 0 Å².